The Morgan fingerprint density at radius 1 is 1.20 bits per heavy atom. The Kier molecular flexibility index (Phi) is 7.78. The zero-order valence-corrected chi connectivity index (χ0v) is 17.5. The maximum absolute atomic E-state index is 12.5. The van der Waals surface area contributed by atoms with E-state index in [1.54, 1.807) is 30.8 Å². The van der Waals surface area contributed by atoms with Crippen LogP contribution in [0.25, 0.3) is 0 Å². The highest BCUT2D eigenvalue weighted by molar-refractivity contribution is 9.10. The average Bonchev–Trinajstić information content (AvgIpc) is 2.79. The van der Waals surface area contributed by atoms with Crippen molar-refractivity contribution in [1.82, 2.24) is 14.7 Å². The van der Waals surface area contributed by atoms with Crippen LogP contribution in [0.2, 0.25) is 0 Å². The van der Waals surface area contributed by atoms with Crippen molar-refractivity contribution in [3.8, 4) is 0 Å². The third-order valence-corrected chi connectivity index (χ3v) is 5.94. The molecule has 0 aliphatic carbocycles. The fourth-order valence-corrected chi connectivity index (χ4v) is 4.10. The van der Waals surface area contributed by atoms with E-state index >= 15 is 0 Å². The molecule has 0 spiro atoms. The molecule has 1 aromatic rings. The summed E-state index contributed by atoms with van der Waals surface area (Å²) < 4.78 is 1.06. The maximum Gasteiger partial charge on any atom is 0.236 e. The Bertz CT molecular complexity index is 624. The van der Waals surface area contributed by atoms with E-state index in [1.165, 1.54) is 5.56 Å². The zero-order chi connectivity index (χ0) is 18.4. The predicted octanol–water partition coefficient (Wildman–Crippen LogP) is 2.47. The van der Waals surface area contributed by atoms with Gasteiger partial charge < -0.3 is 9.80 Å². The van der Waals surface area contributed by atoms with E-state index in [1.807, 2.05) is 17.0 Å². The van der Waals surface area contributed by atoms with Crippen LogP contribution in [0.4, 0.5) is 0 Å². The number of carbonyl (C=O) groups excluding carboxylic acids is 2. The molecule has 2 rings (SSSR count). The first-order chi connectivity index (χ1) is 11.9. The van der Waals surface area contributed by atoms with Crippen LogP contribution in [0, 0.1) is 6.92 Å². The molecule has 7 heteroatoms. The summed E-state index contributed by atoms with van der Waals surface area (Å²) >= 11 is 5.06. The summed E-state index contributed by atoms with van der Waals surface area (Å²) in [6, 6.07) is 6.12. The smallest absolute Gasteiger partial charge is 0.236 e. The highest BCUT2D eigenvalue weighted by Gasteiger charge is 2.21. The molecule has 0 saturated carbocycles. The number of benzene rings is 1. The van der Waals surface area contributed by atoms with Crippen LogP contribution < -0.4 is 0 Å². The van der Waals surface area contributed by atoms with Gasteiger partial charge in [0.05, 0.1) is 12.3 Å². The van der Waals surface area contributed by atoms with Crippen LogP contribution in [0.3, 0.4) is 0 Å². The number of amides is 2. The van der Waals surface area contributed by atoms with Gasteiger partial charge in [-0.1, -0.05) is 15.9 Å². The fraction of sp³-hybridized carbons (Fsp3) is 0.556. The minimum absolute atomic E-state index is 0.112. The SMILES string of the molecule is Cc1cc(Br)ccc1SCC(=O)N1CCCN(CC(=O)N(C)C)CC1. The predicted molar refractivity (Wildman–Crippen MR) is 106 cm³/mol. The third-order valence-electron chi connectivity index (χ3n) is 4.29. The minimum Gasteiger partial charge on any atom is -0.348 e. The monoisotopic (exact) mass is 427 g/mol. The lowest BCUT2D eigenvalue weighted by Gasteiger charge is -2.22. The normalized spacial score (nSPS) is 15.8. The molecule has 0 bridgehead atoms. The fourth-order valence-electron chi connectivity index (χ4n) is 2.72. The van der Waals surface area contributed by atoms with E-state index in [-0.39, 0.29) is 11.8 Å². The standard InChI is InChI=1S/C18H26BrN3O2S/c1-14-11-15(19)5-6-16(14)25-13-18(24)22-8-4-7-21(9-10-22)12-17(23)20(2)3/h5-6,11H,4,7-10,12-13H2,1-3H3. The molecule has 0 radical (unpaired) electrons. The number of rotatable bonds is 5. The van der Waals surface area contributed by atoms with E-state index in [4.69, 9.17) is 0 Å². The number of hydrogen-bond donors (Lipinski definition) is 0. The zero-order valence-electron chi connectivity index (χ0n) is 15.1. The molecule has 0 aromatic heterocycles. The van der Waals surface area contributed by atoms with Gasteiger partial charge in [-0.2, -0.15) is 0 Å². The topological polar surface area (TPSA) is 43.9 Å². The Balaban J connectivity index is 1.83. The van der Waals surface area contributed by atoms with Gasteiger partial charge in [0.1, 0.15) is 0 Å². The number of hydrogen-bond acceptors (Lipinski definition) is 4. The van der Waals surface area contributed by atoms with Gasteiger partial charge in [-0.3, -0.25) is 14.5 Å². The Morgan fingerprint density at radius 2 is 1.96 bits per heavy atom. The number of carbonyl (C=O) groups is 2. The van der Waals surface area contributed by atoms with Crippen LogP contribution in [0.1, 0.15) is 12.0 Å². The Labute approximate surface area is 162 Å². The first-order valence-electron chi connectivity index (χ1n) is 8.46. The van der Waals surface area contributed by atoms with Gasteiger partial charge >= 0.3 is 0 Å². The molecule has 0 unspecified atom stereocenters. The van der Waals surface area contributed by atoms with Crippen molar-refractivity contribution in [2.75, 3.05) is 52.6 Å². The molecular weight excluding hydrogens is 402 g/mol. The summed E-state index contributed by atoms with van der Waals surface area (Å²) in [5.74, 6) is 0.744. The van der Waals surface area contributed by atoms with Crippen molar-refractivity contribution in [2.45, 2.75) is 18.2 Å². The summed E-state index contributed by atoms with van der Waals surface area (Å²) in [5.41, 5.74) is 1.18. The highest BCUT2D eigenvalue weighted by atomic mass is 79.9. The third kappa shape index (κ3) is 6.31. The van der Waals surface area contributed by atoms with Crippen LogP contribution in [0.15, 0.2) is 27.6 Å². The Morgan fingerprint density at radius 3 is 2.64 bits per heavy atom. The highest BCUT2D eigenvalue weighted by Crippen LogP contribution is 2.25. The van der Waals surface area contributed by atoms with E-state index in [9.17, 15) is 9.59 Å². The van der Waals surface area contributed by atoms with Crippen LogP contribution >= 0.6 is 27.7 Å². The van der Waals surface area contributed by atoms with Crippen LogP contribution in [-0.4, -0.2) is 79.1 Å². The number of aryl methyl sites for hydroxylation is 1. The quantitative estimate of drug-likeness (QED) is 0.676. The molecule has 1 aliphatic heterocycles. The molecule has 25 heavy (non-hydrogen) atoms. The largest absolute Gasteiger partial charge is 0.348 e. The lowest BCUT2D eigenvalue weighted by molar-refractivity contribution is -0.129. The number of likely N-dealkylation sites (N-methyl/N-ethyl adjacent to an activating group) is 1. The maximum atomic E-state index is 12.5. The average molecular weight is 428 g/mol. The molecule has 1 saturated heterocycles. The van der Waals surface area contributed by atoms with Crippen molar-refractivity contribution < 1.29 is 9.59 Å². The van der Waals surface area contributed by atoms with E-state index in [0.717, 1.165) is 35.4 Å². The lowest BCUT2D eigenvalue weighted by Crippen LogP contribution is -2.40. The van der Waals surface area contributed by atoms with Crippen molar-refractivity contribution in [3.05, 3.63) is 28.2 Å². The first-order valence-corrected chi connectivity index (χ1v) is 10.2. The lowest BCUT2D eigenvalue weighted by atomic mass is 10.2. The number of nitrogens with zero attached hydrogens (tertiary/aromatic N) is 3. The van der Waals surface area contributed by atoms with Gasteiger partial charge in [0.15, 0.2) is 0 Å². The van der Waals surface area contributed by atoms with Gasteiger partial charge in [-0.15, -0.1) is 11.8 Å². The van der Waals surface area contributed by atoms with E-state index in [0.29, 0.717) is 18.8 Å². The van der Waals surface area contributed by atoms with E-state index in [2.05, 4.69) is 33.8 Å². The van der Waals surface area contributed by atoms with Crippen LogP contribution in [-0.2, 0) is 9.59 Å². The molecule has 0 atom stereocenters. The second-order valence-corrected chi connectivity index (χ2v) is 8.43. The number of halogens is 1. The van der Waals surface area contributed by atoms with Crippen LogP contribution in [0.5, 0.6) is 0 Å². The molecule has 0 N–H and O–H groups in total. The van der Waals surface area contributed by atoms with Gasteiger partial charge in [0.2, 0.25) is 11.8 Å². The molecule has 2 amide bonds. The first kappa shape index (κ1) is 20.3. The molecule has 1 fully saturated rings. The second-order valence-electron chi connectivity index (χ2n) is 6.50. The van der Waals surface area contributed by atoms with Gasteiger partial charge in [-0.25, -0.2) is 0 Å². The summed E-state index contributed by atoms with van der Waals surface area (Å²) in [7, 11) is 3.55. The summed E-state index contributed by atoms with van der Waals surface area (Å²) in [4.78, 5) is 31.2. The molecule has 1 heterocycles. The Hall–Kier alpha value is -1.05. The van der Waals surface area contributed by atoms with E-state index < -0.39 is 0 Å². The number of thioether (sulfide) groups is 1. The molecule has 138 valence electrons. The molecule has 1 aromatic carbocycles. The van der Waals surface area contributed by atoms with Gasteiger partial charge in [0, 0.05) is 49.6 Å². The van der Waals surface area contributed by atoms with Crippen molar-refractivity contribution >= 4 is 39.5 Å². The summed E-state index contributed by atoms with van der Waals surface area (Å²) in [6.07, 6.45) is 0.911. The van der Waals surface area contributed by atoms with Crippen molar-refractivity contribution in [1.29, 1.82) is 0 Å². The van der Waals surface area contributed by atoms with Crippen molar-refractivity contribution in [2.24, 2.45) is 0 Å². The molecular formula is C18H26BrN3O2S. The van der Waals surface area contributed by atoms with Crippen molar-refractivity contribution in [3.63, 3.8) is 0 Å². The second kappa shape index (κ2) is 9.59. The minimum atomic E-state index is 0.112. The summed E-state index contributed by atoms with van der Waals surface area (Å²) in [5, 5.41) is 0. The molecule has 1 aliphatic rings. The molecule has 5 nitrogen and oxygen atoms in total. The summed E-state index contributed by atoms with van der Waals surface area (Å²) in [6.45, 7) is 5.57. The van der Waals surface area contributed by atoms with Gasteiger partial charge in [0.25, 0.3) is 0 Å². The van der Waals surface area contributed by atoms with Gasteiger partial charge in [-0.05, 0) is 37.1 Å².